The summed E-state index contributed by atoms with van der Waals surface area (Å²) in [6.45, 7) is 7.77. The summed E-state index contributed by atoms with van der Waals surface area (Å²) in [7, 11) is -2.46. The Morgan fingerprint density at radius 2 is 1.95 bits per heavy atom. The van der Waals surface area contributed by atoms with Gasteiger partial charge in [-0.2, -0.15) is 0 Å². The highest BCUT2D eigenvalue weighted by atomic mass is 32.2. The Balaban J connectivity index is 2.00. The maximum atomic E-state index is 12.7. The normalized spacial score (nSPS) is 14.1. The van der Waals surface area contributed by atoms with Gasteiger partial charge in [0.2, 0.25) is 0 Å². The molecule has 0 amide bonds. The van der Waals surface area contributed by atoms with Gasteiger partial charge in [-0.25, -0.2) is 13.9 Å². The zero-order valence-corrected chi connectivity index (χ0v) is 14.1. The highest BCUT2D eigenvalue weighted by Gasteiger charge is 2.08. The van der Waals surface area contributed by atoms with E-state index in [4.69, 9.17) is 0 Å². The number of rotatable bonds is 8. The highest BCUT2D eigenvalue weighted by Crippen LogP contribution is 2.13. The molecule has 1 aromatic heterocycles. The van der Waals surface area contributed by atoms with E-state index < -0.39 is 9.71 Å². The molecule has 120 valence electrons. The van der Waals surface area contributed by atoms with Crippen LogP contribution in [0, 0.1) is 0 Å². The first-order valence-electron chi connectivity index (χ1n) is 7.49. The van der Waals surface area contributed by atoms with E-state index in [1.54, 1.807) is 12.5 Å². The lowest BCUT2D eigenvalue weighted by atomic mass is 10.3. The van der Waals surface area contributed by atoms with Gasteiger partial charge in [0.25, 0.3) is 0 Å². The third-order valence-electron chi connectivity index (χ3n) is 3.68. The van der Waals surface area contributed by atoms with E-state index in [1.807, 2.05) is 35.0 Å². The molecule has 0 bridgehead atoms. The maximum Gasteiger partial charge on any atom is 0.0991 e. The van der Waals surface area contributed by atoms with Crippen LogP contribution in [-0.4, -0.2) is 50.7 Å². The molecule has 6 heteroatoms. The number of hydrogen-bond acceptors (Lipinski definition) is 3. The topological polar surface area (TPSA) is 50.2 Å². The Hall–Kier alpha value is -1.63. The summed E-state index contributed by atoms with van der Waals surface area (Å²) in [5, 5.41) is 0. The molecule has 5 nitrogen and oxygen atoms in total. The van der Waals surface area contributed by atoms with Gasteiger partial charge in [-0.15, -0.1) is 0 Å². The molecular formula is C16H24N4OS. The van der Waals surface area contributed by atoms with Crippen LogP contribution in [0.5, 0.6) is 0 Å². The maximum absolute atomic E-state index is 12.7. The van der Waals surface area contributed by atoms with Crippen molar-refractivity contribution < 1.29 is 4.21 Å². The molecule has 1 atom stereocenters. The molecule has 2 aromatic rings. The molecule has 0 aliphatic rings. The van der Waals surface area contributed by atoms with Crippen LogP contribution in [-0.2, 0) is 9.71 Å². The summed E-state index contributed by atoms with van der Waals surface area (Å²) in [4.78, 5) is 7.02. The van der Waals surface area contributed by atoms with Crippen molar-refractivity contribution in [3.63, 3.8) is 0 Å². The van der Waals surface area contributed by atoms with E-state index >= 15 is 0 Å². The molecule has 1 aromatic carbocycles. The molecule has 22 heavy (non-hydrogen) atoms. The molecule has 2 rings (SSSR count). The summed E-state index contributed by atoms with van der Waals surface area (Å²) >= 11 is 0. The van der Waals surface area contributed by atoms with Gasteiger partial charge in [0, 0.05) is 36.1 Å². The Kier molecular flexibility index (Phi) is 5.76. The van der Waals surface area contributed by atoms with Gasteiger partial charge in [0.15, 0.2) is 0 Å². The van der Waals surface area contributed by atoms with E-state index in [-0.39, 0.29) is 0 Å². The Bertz CT molecular complexity index is 659. The van der Waals surface area contributed by atoms with E-state index in [2.05, 4.69) is 34.3 Å². The molecule has 0 saturated heterocycles. The quantitative estimate of drug-likeness (QED) is 0.755. The molecular weight excluding hydrogens is 296 g/mol. The minimum absolute atomic E-state index is 0.660. The van der Waals surface area contributed by atoms with Gasteiger partial charge in [0.05, 0.1) is 16.0 Å². The standard InChI is InChI=1S/C16H24N4OS/c1-4-19(5-2)12-11-18-22(3,21)16-8-6-15(7-9-16)20-13-10-17-14-20/h6-10,13-14H,3-5,11-12H2,1-2H3,(H,18,21). The highest BCUT2D eigenvalue weighted by molar-refractivity contribution is 7.98. The van der Waals surface area contributed by atoms with Crippen molar-refractivity contribution in [2.45, 2.75) is 18.7 Å². The molecule has 0 aliphatic heterocycles. The molecule has 1 heterocycles. The number of likely N-dealkylation sites (N-methyl/N-ethyl adjacent to an activating group) is 1. The monoisotopic (exact) mass is 320 g/mol. The molecule has 0 aliphatic carbocycles. The Labute approximate surface area is 133 Å². The number of nitrogens with zero attached hydrogens (tertiary/aromatic N) is 3. The molecule has 1 N–H and O–H groups in total. The van der Waals surface area contributed by atoms with Crippen LogP contribution < -0.4 is 4.72 Å². The van der Waals surface area contributed by atoms with E-state index in [0.717, 1.165) is 30.2 Å². The fraction of sp³-hybridized carbons (Fsp3) is 0.375. The lowest BCUT2D eigenvalue weighted by Crippen LogP contribution is -2.34. The van der Waals surface area contributed by atoms with Crippen LogP contribution in [0.1, 0.15) is 13.8 Å². The second-order valence-corrected chi connectivity index (χ2v) is 7.17. The number of hydrogen-bond donors (Lipinski definition) is 1. The van der Waals surface area contributed by atoms with Gasteiger partial charge in [-0.05, 0) is 43.2 Å². The number of aromatic nitrogens is 2. The third-order valence-corrected chi connectivity index (χ3v) is 5.38. The van der Waals surface area contributed by atoms with Crippen molar-refractivity contribution in [2.75, 3.05) is 26.2 Å². The van der Waals surface area contributed by atoms with E-state index in [9.17, 15) is 4.21 Å². The van der Waals surface area contributed by atoms with Crippen LogP contribution in [0.15, 0.2) is 47.9 Å². The zero-order chi connectivity index (χ0) is 16.0. The summed E-state index contributed by atoms with van der Waals surface area (Å²) in [5.41, 5.74) is 0.986. The summed E-state index contributed by atoms with van der Waals surface area (Å²) in [5.74, 6) is 3.86. The fourth-order valence-corrected chi connectivity index (χ4v) is 3.41. The number of nitrogens with one attached hydrogen (secondary N) is 1. The minimum atomic E-state index is -2.46. The molecule has 1 unspecified atom stereocenters. The first kappa shape index (κ1) is 16.7. The molecule has 0 saturated carbocycles. The molecule has 0 fully saturated rings. The van der Waals surface area contributed by atoms with Crippen molar-refractivity contribution in [3.05, 3.63) is 43.0 Å². The lowest BCUT2D eigenvalue weighted by Gasteiger charge is -2.19. The number of imidazole rings is 1. The minimum Gasteiger partial charge on any atom is -0.306 e. The average molecular weight is 320 g/mol. The first-order valence-corrected chi connectivity index (χ1v) is 9.22. The average Bonchev–Trinajstić information content (AvgIpc) is 3.06. The predicted octanol–water partition coefficient (Wildman–Crippen LogP) is 1.79. The SMILES string of the molecule is C=S(=O)(NCCN(CC)CC)c1ccc(-n2ccnc2)cc1. The first-order chi connectivity index (χ1) is 10.6. The third kappa shape index (κ3) is 4.19. The van der Waals surface area contributed by atoms with Gasteiger partial charge >= 0.3 is 0 Å². The summed E-state index contributed by atoms with van der Waals surface area (Å²) < 4.78 is 17.7. The van der Waals surface area contributed by atoms with Crippen LogP contribution >= 0.6 is 0 Å². The smallest absolute Gasteiger partial charge is 0.0991 e. The van der Waals surface area contributed by atoms with Crippen LogP contribution in [0.4, 0.5) is 0 Å². The largest absolute Gasteiger partial charge is 0.306 e. The van der Waals surface area contributed by atoms with Crippen LogP contribution in [0.3, 0.4) is 0 Å². The molecule has 0 radical (unpaired) electrons. The second-order valence-electron chi connectivity index (χ2n) is 5.06. The fourth-order valence-electron chi connectivity index (χ4n) is 2.24. The Morgan fingerprint density at radius 1 is 1.27 bits per heavy atom. The molecule has 0 spiro atoms. The van der Waals surface area contributed by atoms with Gasteiger partial charge in [0.1, 0.15) is 0 Å². The zero-order valence-electron chi connectivity index (χ0n) is 13.2. The van der Waals surface area contributed by atoms with Gasteiger partial charge in [-0.1, -0.05) is 13.8 Å². The summed E-state index contributed by atoms with van der Waals surface area (Å²) in [6, 6.07) is 7.56. The van der Waals surface area contributed by atoms with Crippen molar-refractivity contribution in [1.82, 2.24) is 19.2 Å². The van der Waals surface area contributed by atoms with Crippen molar-refractivity contribution in [1.29, 1.82) is 0 Å². The van der Waals surface area contributed by atoms with Gasteiger partial charge in [-0.3, -0.25) is 0 Å². The number of benzene rings is 1. The van der Waals surface area contributed by atoms with Gasteiger partial charge < -0.3 is 9.47 Å². The predicted molar refractivity (Wildman–Crippen MR) is 92.9 cm³/mol. The Morgan fingerprint density at radius 3 is 2.50 bits per heavy atom. The van der Waals surface area contributed by atoms with Crippen LogP contribution in [0.2, 0.25) is 0 Å². The summed E-state index contributed by atoms with van der Waals surface area (Å²) in [6.07, 6.45) is 5.34. The second kappa shape index (κ2) is 7.58. The lowest BCUT2D eigenvalue weighted by molar-refractivity contribution is 0.309. The van der Waals surface area contributed by atoms with E-state index in [0.29, 0.717) is 6.54 Å². The van der Waals surface area contributed by atoms with Crippen molar-refractivity contribution >= 4 is 15.6 Å². The van der Waals surface area contributed by atoms with Crippen LogP contribution in [0.25, 0.3) is 5.69 Å². The van der Waals surface area contributed by atoms with Crippen molar-refractivity contribution in [3.8, 4) is 5.69 Å². The van der Waals surface area contributed by atoms with Crippen molar-refractivity contribution in [2.24, 2.45) is 0 Å². The van der Waals surface area contributed by atoms with E-state index in [1.165, 1.54) is 0 Å².